The van der Waals surface area contributed by atoms with Crippen molar-refractivity contribution in [1.82, 2.24) is 0 Å². The van der Waals surface area contributed by atoms with Crippen LogP contribution in [0.1, 0.15) is 53.4 Å². The molecule has 0 bridgehead atoms. The summed E-state index contributed by atoms with van der Waals surface area (Å²) in [7, 11) is 0. The van der Waals surface area contributed by atoms with Gasteiger partial charge in [0.1, 0.15) is 0 Å². The smallest absolute Gasteiger partial charge is 0.0163 e. The molecule has 0 aromatic rings. The topological polar surface area (TPSA) is 0 Å². The van der Waals surface area contributed by atoms with Crippen LogP contribution < -0.4 is 0 Å². The van der Waals surface area contributed by atoms with E-state index in [0.717, 1.165) is 15.8 Å². The molecule has 0 amide bonds. The first kappa shape index (κ1) is 11.8. The molecule has 0 nitrogen and oxygen atoms in total. The Kier molecular flexibility index (Phi) is 4.09. The summed E-state index contributed by atoms with van der Waals surface area (Å²) in [5.41, 5.74) is 0.619. The molecule has 0 N–H and O–H groups in total. The van der Waals surface area contributed by atoms with E-state index in [1.54, 1.807) is 0 Å². The summed E-state index contributed by atoms with van der Waals surface area (Å²) in [5.74, 6) is 1.87. The maximum absolute atomic E-state index is 2.67. The maximum atomic E-state index is 2.67. The highest BCUT2D eigenvalue weighted by Crippen LogP contribution is 2.47. The largest absolute Gasteiger partial charge is 0.0820 e. The van der Waals surface area contributed by atoms with Crippen molar-refractivity contribution < 1.29 is 0 Å². The third-order valence-electron chi connectivity index (χ3n) is 4.03. The summed E-state index contributed by atoms with van der Waals surface area (Å²) in [6.07, 6.45) is 5.70. The van der Waals surface area contributed by atoms with Gasteiger partial charge in [0.15, 0.2) is 0 Å². The average Bonchev–Trinajstić information content (AvgIpc) is 2.09. The Morgan fingerprint density at radius 3 is 2.46 bits per heavy atom. The Balaban J connectivity index is 2.63. The van der Waals surface area contributed by atoms with Crippen LogP contribution in [0.4, 0.5) is 0 Å². The Morgan fingerprint density at radius 2 is 2.00 bits per heavy atom. The highest BCUT2D eigenvalue weighted by atomic mass is 127. The van der Waals surface area contributed by atoms with E-state index >= 15 is 0 Å². The Morgan fingerprint density at radius 1 is 1.38 bits per heavy atom. The second kappa shape index (κ2) is 4.50. The van der Waals surface area contributed by atoms with E-state index in [4.69, 9.17) is 0 Å². The first-order valence-electron chi connectivity index (χ1n) is 5.63. The fourth-order valence-electron chi connectivity index (χ4n) is 2.47. The molecule has 0 aromatic carbocycles. The minimum atomic E-state index is 0.619. The van der Waals surface area contributed by atoms with Crippen molar-refractivity contribution in [2.75, 3.05) is 0 Å². The lowest BCUT2D eigenvalue weighted by atomic mass is 9.66. The Labute approximate surface area is 97.0 Å². The summed E-state index contributed by atoms with van der Waals surface area (Å²) in [6.45, 7) is 9.61. The molecule has 0 saturated heterocycles. The van der Waals surface area contributed by atoms with Crippen molar-refractivity contribution in [3.05, 3.63) is 0 Å². The van der Waals surface area contributed by atoms with Crippen molar-refractivity contribution >= 4 is 22.6 Å². The second-order valence-corrected chi connectivity index (χ2v) is 6.76. The summed E-state index contributed by atoms with van der Waals surface area (Å²) in [5, 5.41) is 0. The molecule has 78 valence electrons. The molecule has 0 spiro atoms. The predicted octanol–water partition coefficient (Wildman–Crippen LogP) is 4.66. The number of alkyl halides is 1. The fraction of sp³-hybridized carbons (Fsp3) is 1.00. The van der Waals surface area contributed by atoms with Crippen LogP contribution in [0.15, 0.2) is 0 Å². The molecule has 0 heterocycles. The monoisotopic (exact) mass is 294 g/mol. The van der Waals surface area contributed by atoms with Crippen LogP contribution in [0, 0.1) is 17.3 Å². The highest BCUT2D eigenvalue weighted by Gasteiger charge is 2.38. The van der Waals surface area contributed by atoms with Crippen LogP contribution in [-0.2, 0) is 0 Å². The molecular formula is C12H23I. The molecule has 1 saturated carbocycles. The van der Waals surface area contributed by atoms with Crippen LogP contribution >= 0.6 is 22.6 Å². The van der Waals surface area contributed by atoms with Crippen molar-refractivity contribution in [2.45, 2.75) is 57.3 Å². The number of halogens is 1. The molecule has 0 aliphatic heterocycles. The third kappa shape index (κ3) is 2.60. The van der Waals surface area contributed by atoms with E-state index in [1.165, 1.54) is 25.7 Å². The molecule has 13 heavy (non-hydrogen) atoms. The first-order valence-corrected chi connectivity index (χ1v) is 6.88. The number of hydrogen-bond donors (Lipinski definition) is 0. The van der Waals surface area contributed by atoms with Gasteiger partial charge in [-0.15, -0.1) is 0 Å². The van der Waals surface area contributed by atoms with Crippen molar-refractivity contribution in [1.29, 1.82) is 0 Å². The maximum Gasteiger partial charge on any atom is 0.0163 e. The molecule has 1 heteroatoms. The van der Waals surface area contributed by atoms with Crippen molar-refractivity contribution in [3.8, 4) is 0 Å². The lowest BCUT2D eigenvalue weighted by Crippen LogP contribution is -2.36. The second-order valence-electron chi connectivity index (χ2n) is 5.26. The van der Waals surface area contributed by atoms with Gasteiger partial charge in [0, 0.05) is 3.92 Å². The fourth-order valence-corrected chi connectivity index (χ4v) is 3.53. The van der Waals surface area contributed by atoms with Crippen molar-refractivity contribution in [3.63, 3.8) is 0 Å². The Hall–Kier alpha value is 0.730. The molecule has 1 fully saturated rings. The average molecular weight is 294 g/mol. The molecule has 1 rings (SSSR count). The number of hydrogen-bond acceptors (Lipinski definition) is 0. The van der Waals surface area contributed by atoms with Gasteiger partial charge in [0.25, 0.3) is 0 Å². The van der Waals surface area contributed by atoms with E-state index < -0.39 is 0 Å². The van der Waals surface area contributed by atoms with E-state index in [2.05, 4.69) is 50.3 Å². The summed E-state index contributed by atoms with van der Waals surface area (Å²) in [4.78, 5) is 0. The summed E-state index contributed by atoms with van der Waals surface area (Å²) in [6, 6.07) is 0. The van der Waals surface area contributed by atoms with Crippen LogP contribution in [0.5, 0.6) is 0 Å². The van der Waals surface area contributed by atoms with Crippen LogP contribution in [0.3, 0.4) is 0 Å². The standard InChI is InChI=1S/C12H23I/c1-5-12(4)8-10(9(2)3)6-7-11(12)13/h9-11H,5-8H2,1-4H3/t10?,11?,12-/m0/s1. The van der Waals surface area contributed by atoms with Gasteiger partial charge >= 0.3 is 0 Å². The van der Waals surface area contributed by atoms with Crippen LogP contribution in [0.2, 0.25) is 0 Å². The van der Waals surface area contributed by atoms with Gasteiger partial charge in [-0.3, -0.25) is 0 Å². The van der Waals surface area contributed by atoms with Gasteiger partial charge < -0.3 is 0 Å². The zero-order valence-electron chi connectivity index (χ0n) is 9.44. The summed E-state index contributed by atoms with van der Waals surface area (Å²) < 4.78 is 0.907. The molecule has 2 unspecified atom stereocenters. The SMILES string of the molecule is CC[C@@]1(C)CC(C(C)C)CCC1I. The van der Waals surface area contributed by atoms with Crippen LogP contribution in [0.25, 0.3) is 0 Å². The minimum absolute atomic E-state index is 0.619. The minimum Gasteiger partial charge on any atom is -0.0820 e. The van der Waals surface area contributed by atoms with Crippen LogP contribution in [-0.4, -0.2) is 3.92 Å². The third-order valence-corrected chi connectivity index (χ3v) is 6.15. The molecule has 1 aliphatic rings. The van der Waals surface area contributed by atoms with E-state index in [9.17, 15) is 0 Å². The van der Waals surface area contributed by atoms with Gasteiger partial charge in [-0.05, 0) is 42.9 Å². The lowest BCUT2D eigenvalue weighted by molar-refractivity contribution is 0.139. The van der Waals surface area contributed by atoms with Gasteiger partial charge in [-0.1, -0.05) is 50.3 Å². The molecule has 0 radical (unpaired) electrons. The van der Waals surface area contributed by atoms with Gasteiger partial charge in [-0.2, -0.15) is 0 Å². The normalized spacial score (nSPS) is 41.1. The van der Waals surface area contributed by atoms with E-state index in [1.807, 2.05) is 0 Å². The van der Waals surface area contributed by atoms with E-state index in [-0.39, 0.29) is 0 Å². The van der Waals surface area contributed by atoms with Crippen molar-refractivity contribution in [2.24, 2.45) is 17.3 Å². The predicted molar refractivity (Wildman–Crippen MR) is 68.4 cm³/mol. The molecule has 1 aliphatic carbocycles. The molecule has 3 atom stereocenters. The zero-order chi connectivity index (χ0) is 10.1. The highest BCUT2D eigenvalue weighted by molar-refractivity contribution is 14.1. The number of rotatable bonds is 2. The van der Waals surface area contributed by atoms with Gasteiger partial charge in [0.05, 0.1) is 0 Å². The molecule has 0 aromatic heterocycles. The van der Waals surface area contributed by atoms with Gasteiger partial charge in [0.2, 0.25) is 0 Å². The van der Waals surface area contributed by atoms with Gasteiger partial charge in [-0.25, -0.2) is 0 Å². The molecular weight excluding hydrogens is 271 g/mol. The Bertz CT molecular complexity index is 165. The summed E-state index contributed by atoms with van der Waals surface area (Å²) >= 11 is 2.67. The zero-order valence-corrected chi connectivity index (χ0v) is 11.6. The quantitative estimate of drug-likeness (QED) is 0.513. The lowest BCUT2D eigenvalue weighted by Gasteiger charge is -2.43. The first-order chi connectivity index (χ1) is 5.99. The van der Waals surface area contributed by atoms with E-state index in [0.29, 0.717) is 5.41 Å².